The van der Waals surface area contributed by atoms with Gasteiger partial charge in [0.2, 0.25) is 0 Å². The van der Waals surface area contributed by atoms with Gasteiger partial charge in [-0.25, -0.2) is 4.39 Å². The lowest BCUT2D eigenvalue weighted by atomic mass is 10.2. The normalized spacial score (nSPS) is 15.2. The van der Waals surface area contributed by atoms with Crippen LogP contribution in [0.15, 0.2) is 29.1 Å². The number of hydrogen-bond acceptors (Lipinski definition) is 4. The van der Waals surface area contributed by atoms with Gasteiger partial charge in [0.15, 0.2) is 0 Å². The molecule has 7 heteroatoms. The number of thiazole rings is 1. The van der Waals surface area contributed by atoms with Gasteiger partial charge in [0.1, 0.15) is 10.7 Å². The number of aryl methyl sites for hydroxylation is 1. The Morgan fingerprint density at radius 2 is 1.82 bits per heavy atom. The number of hydrogen-bond donors (Lipinski definition) is 1. The number of carbonyl (C=O) groups is 1. The quantitative estimate of drug-likeness (QED) is 0.918. The number of anilines is 1. The molecule has 0 spiro atoms. The molecule has 1 N–H and O–H groups in total. The maximum absolute atomic E-state index is 13.0. The van der Waals surface area contributed by atoms with Crippen molar-refractivity contribution in [1.29, 1.82) is 0 Å². The first-order valence-electron chi connectivity index (χ1n) is 7.04. The summed E-state index contributed by atoms with van der Waals surface area (Å²) in [5, 5.41) is 0. The van der Waals surface area contributed by atoms with Crippen LogP contribution in [0, 0.1) is 12.7 Å². The lowest BCUT2D eigenvalue weighted by Gasteiger charge is -2.36. The monoisotopic (exact) mass is 321 g/mol. The lowest BCUT2D eigenvalue weighted by Crippen LogP contribution is -2.48. The number of halogens is 1. The fraction of sp³-hybridized carbons (Fsp3) is 0.333. The summed E-state index contributed by atoms with van der Waals surface area (Å²) in [6, 6.07) is 6.37. The first kappa shape index (κ1) is 14.8. The number of H-pyrrole nitrogens is 1. The molecule has 1 aromatic heterocycles. The summed E-state index contributed by atoms with van der Waals surface area (Å²) in [6.07, 6.45) is 0. The smallest absolute Gasteiger partial charge is 0.305 e. The molecule has 0 radical (unpaired) electrons. The topological polar surface area (TPSA) is 56.4 Å². The van der Waals surface area contributed by atoms with Gasteiger partial charge in [0.25, 0.3) is 5.91 Å². The van der Waals surface area contributed by atoms with E-state index in [0.29, 0.717) is 36.8 Å². The minimum absolute atomic E-state index is 0.0976. The molecule has 1 aromatic carbocycles. The molecule has 0 aliphatic carbocycles. The largest absolute Gasteiger partial charge is 0.368 e. The Bertz CT molecular complexity index is 730. The van der Waals surface area contributed by atoms with E-state index in [4.69, 9.17) is 0 Å². The number of nitrogens with zero attached hydrogens (tertiary/aromatic N) is 2. The first-order valence-corrected chi connectivity index (χ1v) is 7.86. The van der Waals surface area contributed by atoms with Gasteiger partial charge in [-0.1, -0.05) is 11.3 Å². The molecule has 0 unspecified atom stereocenters. The SMILES string of the molecule is Cc1[nH]c(=O)sc1C(=O)N1CCN(c2ccc(F)cc2)CC1. The van der Waals surface area contributed by atoms with E-state index in [1.54, 1.807) is 24.0 Å². The van der Waals surface area contributed by atoms with Gasteiger partial charge in [0, 0.05) is 37.6 Å². The summed E-state index contributed by atoms with van der Waals surface area (Å²) in [7, 11) is 0. The predicted octanol–water partition coefficient (Wildman–Crippen LogP) is 1.85. The molecule has 1 fully saturated rings. The molecule has 1 amide bonds. The molecule has 116 valence electrons. The van der Waals surface area contributed by atoms with E-state index in [0.717, 1.165) is 17.0 Å². The molecule has 2 heterocycles. The average molecular weight is 321 g/mol. The summed E-state index contributed by atoms with van der Waals surface area (Å²) in [6.45, 7) is 4.29. The fourth-order valence-electron chi connectivity index (χ4n) is 2.57. The van der Waals surface area contributed by atoms with Crippen molar-refractivity contribution in [3.63, 3.8) is 0 Å². The number of aromatic nitrogens is 1. The van der Waals surface area contributed by atoms with Gasteiger partial charge in [-0.15, -0.1) is 0 Å². The van der Waals surface area contributed by atoms with E-state index in [-0.39, 0.29) is 16.6 Å². The standard InChI is InChI=1S/C15H16FN3O2S/c1-10-13(22-15(21)17-10)14(20)19-8-6-18(7-9-19)12-4-2-11(16)3-5-12/h2-5H,6-9H2,1H3,(H,17,21). The number of amides is 1. The van der Waals surface area contributed by atoms with Crippen LogP contribution >= 0.6 is 11.3 Å². The molecule has 0 atom stereocenters. The van der Waals surface area contributed by atoms with Gasteiger partial charge in [-0.2, -0.15) is 0 Å². The molecular weight excluding hydrogens is 305 g/mol. The molecule has 5 nitrogen and oxygen atoms in total. The van der Waals surface area contributed by atoms with Gasteiger partial charge >= 0.3 is 4.87 Å². The summed E-state index contributed by atoms with van der Waals surface area (Å²) in [4.78, 5) is 30.5. The van der Waals surface area contributed by atoms with Crippen LogP contribution in [0.5, 0.6) is 0 Å². The lowest BCUT2D eigenvalue weighted by molar-refractivity contribution is 0.0750. The maximum atomic E-state index is 13.0. The van der Waals surface area contributed by atoms with Gasteiger partial charge in [0.05, 0.1) is 0 Å². The van der Waals surface area contributed by atoms with E-state index in [9.17, 15) is 14.0 Å². The van der Waals surface area contributed by atoms with Crippen LogP contribution in [0.3, 0.4) is 0 Å². The van der Waals surface area contributed by atoms with Crippen molar-refractivity contribution in [2.45, 2.75) is 6.92 Å². The minimum atomic E-state index is -0.254. The summed E-state index contributed by atoms with van der Waals surface area (Å²) < 4.78 is 13.0. The Hall–Kier alpha value is -2.15. The zero-order valence-corrected chi connectivity index (χ0v) is 13.0. The molecular formula is C15H16FN3O2S. The second-order valence-corrected chi connectivity index (χ2v) is 6.21. The molecule has 1 saturated heterocycles. The zero-order chi connectivity index (χ0) is 15.7. The highest BCUT2D eigenvalue weighted by Crippen LogP contribution is 2.19. The number of rotatable bonds is 2. The second-order valence-electron chi connectivity index (χ2n) is 5.22. The molecule has 1 aliphatic heterocycles. The molecule has 2 aromatic rings. The van der Waals surface area contributed by atoms with Crippen molar-refractivity contribution < 1.29 is 9.18 Å². The highest BCUT2D eigenvalue weighted by atomic mass is 32.1. The predicted molar refractivity (Wildman–Crippen MR) is 84.2 cm³/mol. The Morgan fingerprint density at radius 1 is 1.18 bits per heavy atom. The van der Waals surface area contributed by atoms with Crippen molar-refractivity contribution in [3.05, 3.63) is 50.3 Å². The number of aromatic amines is 1. The van der Waals surface area contributed by atoms with Gasteiger partial charge in [-0.05, 0) is 31.2 Å². The third kappa shape index (κ3) is 2.89. The van der Waals surface area contributed by atoms with Crippen molar-refractivity contribution >= 4 is 22.9 Å². The van der Waals surface area contributed by atoms with Crippen molar-refractivity contribution in [3.8, 4) is 0 Å². The molecule has 3 rings (SSSR count). The number of piperazine rings is 1. The summed E-state index contributed by atoms with van der Waals surface area (Å²) in [5.41, 5.74) is 1.58. The number of carbonyl (C=O) groups excluding carboxylic acids is 1. The van der Waals surface area contributed by atoms with Crippen molar-refractivity contribution in [2.24, 2.45) is 0 Å². The fourth-order valence-corrected chi connectivity index (χ4v) is 3.38. The first-order chi connectivity index (χ1) is 10.5. The maximum Gasteiger partial charge on any atom is 0.305 e. The average Bonchev–Trinajstić information content (AvgIpc) is 2.86. The van der Waals surface area contributed by atoms with Crippen LogP contribution in [0.25, 0.3) is 0 Å². The van der Waals surface area contributed by atoms with E-state index < -0.39 is 0 Å². The van der Waals surface area contributed by atoms with Crippen molar-refractivity contribution in [2.75, 3.05) is 31.1 Å². The van der Waals surface area contributed by atoms with Crippen LogP contribution in [-0.4, -0.2) is 42.0 Å². The Kier molecular flexibility index (Phi) is 3.98. The zero-order valence-electron chi connectivity index (χ0n) is 12.1. The molecule has 0 bridgehead atoms. The highest BCUT2D eigenvalue weighted by molar-refractivity contribution is 7.11. The van der Waals surface area contributed by atoms with Crippen molar-refractivity contribution in [1.82, 2.24) is 9.88 Å². The Balaban J connectivity index is 1.66. The minimum Gasteiger partial charge on any atom is -0.368 e. The summed E-state index contributed by atoms with van der Waals surface area (Å²) >= 11 is 0.957. The molecule has 1 aliphatic rings. The van der Waals surface area contributed by atoms with E-state index >= 15 is 0 Å². The number of benzene rings is 1. The van der Waals surface area contributed by atoms with Crippen LogP contribution in [0.2, 0.25) is 0 Å². The van der Waals surface area contributed by atoms with Crippen LogP contribution < -0.4 is 9.77 Å². The Labute approximate surface area is 131 Å². The van der Waals surface area contributed by atoms with Crippen LogP contribution in [-0.2, 0) is 0 Å². The van der Waals surface area contributed by atoms with E-state index in [1.807, 2.05) is 0 Å². The second kappa shape index (κ2) is 5.92. The number of nitrogens with one attached hydrogen (secondary N) is 1. The molecule has 22 heavy (non-hydrogen) atoms. The van der Waals surface area contributed by atoms with E-state index in [1.165, 1.54) is 12.1 Å². The van der Waals surface area contributed by atoms with Gasteiger partial charge < -0.3 is 14.8 Å². The van der Waals surface area contributed by atoms with Crippen LogP contribution in [0.4, 0.5) is 10.1 Å². The highest BCUT2D eigenvalue weighted by Gasteiger charge is 2.24. The molecule has 0 saturated carbocycles. The summed E-state index contributed by atoms with van der Waals surface area (Å²) in [5.74, 6) is -0.352. The van der Waals surface area contributed by atoms with E-state index in [2.05, 4.69) is 9.88 Å². The van der Waals surface area contributed by atoms with Crippen LogP contribution in [0.1, 0.15) is 15.4 Å². The third-order valence-corrected chi connectivity index (χ3v) is 4.75. The third-order valence-electron chi connectivity index (χ3n) is 3.78. The van der Waals surface area contributed by atoms with Gasteiger partial charge in [-0.3, -0.25) is 9.59 Å². The Morgan fingerprint density at radius 3 is 2.36 bits per heavy atom.